The average Bonchev–Trinajstić information content (AvgIpc) is 3.23. The SMILES string of the molecule is c1ccc([C@@]23CCC[C@@H]2[C@@H]2CCC[C@@H]2c2ccccc23)cc1. The molecule has 0 aromatic heterocycles. The van der Waals surface area contributed by atoms with E-state index in [0.717, 1.165) is 17.8 Å². The molecule has 0 aliphatic heterocycles. The first-order valence-electron chi connectivity index (χ1n) is 9.06. The number of benzene rings is 2. The lowest BCUT2D eigenvalue weighted by Gasteiger charge is -2.48. The topological polar surface area (TPSA) is 0 Å². The summed E-state index contributed by atoms with van der Waals surface area (Å²) < 4.78 is 0. The Hall–Kier alpha value is -1.56. The third kappa shape index (κ3) is 1.54. The van der Waals surface area contributed by atoms with Gasteiger partial charge in [-0.05, 0) is 60.1 Å². The summed E-state index contributed by atoms with van der Waals surface area (Å²) in [4.78, 5) is 0. The highest BCUT2D eigenvalue weighted by atomic mass is 14.6. The van der Waals surface area contributed by atoms with Crippen LogP contribution in [0, 0.1) is 11.8 Å². The molecule has 0 nitrogen and oxygen atoms in total. The predicted molar refractivity (Wildman–Crippen MR) is 91.1 cm³/mol. The molecular weight excluding hydrogens is 264 g/mol. The lowest BCUT2D eigenvalue weighted by molar-refractivity contribution is 0.211. The van der Waals surface area contributed by atoms with Crippen molar-refractivity contribution in [3.8, 4) is 0 Å². The van der Waals surface area contributed by atoms with Crippen LogP contribution in [-0.4, -0.2) is 0 Å². The third-order valence-corrected chi connectivity index (χ3v) is 6.94. The summed E-state index contributed by atoms with van der Waals surface area (Å²) in [6.07, 6.45) is 8.50. The first-order valence-corrected chi connectivity index (χ1v) is 9.06. The van der Waals surface area contributed by atoms with Crippen LogP contribution in [0.25, 0.3) is 0 Å². The molecule has 0 saturated heterocycles. The van der Waals surface area contributed by atoms with Gasteiger partial charge in [-0.3, -0.25) is 0 Å². The summed E-state index contributed by atoms with van der Waals surface area (Å²) in [5.74, 6) is 2.64. The van der Waals surface area contributed by atoms with Crippen molar-refractivity contribution < 1.29 is 0 Å². The van der Waals surface area contributed by atoms with Gasteiger partial charge in [0, 0.05) is 5.41 Å². The molecular formula is C22H24. The van der Waals surface area contributed by atoms with E-state index in [2.05, 4.69) is 54.6 Å². The summed E-state index contributed by atoms with van der Waals surface area (Å²) in [5, 5.41) is 0. The fourth-order valence-electron chi connectivity index (χ4n) is 6.28. The van der Waals surface area contributed by atoms with E-state index in [0.29, 0.717) is 5.41 Å². The van der Waals surface area contributed by atoms with Crippen molar-refractivity contribution in [1.29, 1.82) is 0 Å². The Bertz CT molecular complexity index is 686. The van der Waals surface area contributed by atoms with Gasteiger partial charge in [0.15, 0.2) is 0 Å². The highest BCUT2D eigenvalue weighted by molar-refractivity contribution is 5.50. The first-order chi connectivity index (χ1) is 10.9. The fraction of sp³-hybridized carbons (Fsp3) is 0.455. The standard InChI is InChI=1S/C22H24/c1-2-8-16(9-3-1)22-15-7-14-21(22)19-12-6-11-17(19)18-10-4-5-13-20(18)22/h1-5,8-10,13,17,19,21H,6-7,11-12,14-15H2/t17-,19-,21-,22-/m1/s1. The minimum Gasteiger partial charge on any atom is -0.0622 e. The lowest BCUT2D eigenvalue weighted by atomic mass is 9.55. The molecule has 22 heavy (non-hydrogen) atoms. The van der Waals surface area contributed by atoms with Crippen molar-refractivity contribution in [1.82, 2.24) is 0 Å². The molecule has 3 aliphatic rings. The van der Waals surface area contributed by atoms with Crippen molar-refractivity contribution >= 4 is 0 Å². The van der Waals surface area contributed by atoms with E-state index in [1.165, 1.54) is 38.5 Å². The van der Waals surface area contributed by atoms with Crippen LogP contribution in [-0.2, 0) is 5.41 Å². The predicted octanol–water partition coefficient (Wildman–Crippen LogP) is 5.67. The molecule has 0 heteroatoms. The van der Waals surface area contributed by atoms with Gasteiger partial charge >= 0.3 is 0 Å². The number of fused-ring (bicyclic) bond motifs is 6. The van der Waals surface area contributed by atoms with Gasteiger partial charge in [-0.15, -0.1) is 0 Å². The highest BCUT2D eigenvalue weighted by Gasteiger charge is 2.55. The summed E-state index contributed by atoms with van der Waals surface area (Å²) in [5.41, 5.74) is 5.25. The molecule has 0 N–H and O–H groups in total. The zero-order valence-electron chi connectivity index (χ0n) is 13.2. The van der Waals surface area contributed by atoms with E-state index in [1.807, 2.05) is 0 Å². The summed E-state index contributed by atoms with van der Waals surface area (Å²) in [7, 11) is 0. The highest BCUT2D eigenvalue weighted by Crippen LogP contribution is 2.63. The van der Waals surface area contributed by atoms with E-state index in [4.69, 9.17) is 0 Å². The second-order valence-corrected chi connectivity index (χ2v) is 7.62. The van der Waals surface area contributed by atoms with E-state index < -0.39 is 0 Å². The molecule has 0 radical (unpaired) electrons. The Labute approximate surface area is 133 Å². The van der Waals surface area contributed by atoms with Crippen LogP contribution in [0.15, 0.2) is 54.6 Å². The lowest BCUT2D eigenvalue weighted by Crippen LogP contribution is -2.42. The molecule has 0 heterocycles. The third-order valence-electron chi connectivity index (χ3n) is 6.94. The molecule has 4 atom stereocenters. The normalized spacial score (nSPS) is 35.7. The van der Waals surface area contributed by atoms with Crippen LogP contribution < -0.4 is 0 Å². The van der Waals surface area contributed by atoms with Gasteiger partial charge in [-0.25, -0.2) is 0 Å². The minimum absolute atomic E-state index is 0.309. The van der Waals surface area contributed by atoms with Gasteiger partial charge in [0.2, 0.25) is 0 Å². The molecule has 2 saturated carbocycles. The van der Waals surface area contributed by atoms with Crippen LogP contribution in [0.3, 0.4) is 0 Å². The Morgan fingerprint density at radius 3 is 2.50 bits per heavy atom. The number of rotatable bonds is 1. The quantitative estimate of drug-likeness (QED) is 0.634. The molecule has 0 spiro atoms. The van der Waals surface area contributed by atoms with E-state index in [1.54, 1.807) is 16.7 Å². The molecule has 2 aromatic rings. The van der Waals surface area contributed by atoms with Crippen LogP contribution in [0.5, 0.6) is 0 Å². The molecule has 2 fully saturated rings. The summed E-state index contributed by atoms with van der Waals surface area (Å²) >= 11 is 0. The van der Waals surface area contributed by atoms with Gasteiger partial charge in [-0.1, -0.05) is 67.4 Å². The maximum atomic E-state index is 2.45. The van der Waals surface area contributed by atoms with Gasteiger partial charge in [-0.2, -0.15) is 0 Å². The molecule has 0 bridgehead atoms. The minimum atomic E-state index is 0.309. The number of hydrogen-bond donors (Lipinski definition) is 0. The van der Waals surface area contributed by atoms with Crippen LogP contribution >= 0.6 is 0 Å². The van der Waals surface area contributed by atoms with Gasteiger partial charge in [0.1, 0.15) is 0 Å². The molecule has 0 amide bonds. The zero-order chi connectivity index (χ0) is 14.6. The number of hydrogen-bond acceptors (Lipinski definition) is 0. The van der Waals surface area contributed by atoms with Crippen LogP contribution in [0.2, 0.25) is 0 Å². The van der Waals surface area contributed by atoms with Crippen molar-refractivity contribution in [3.05, 3.63) is 71.3 Å². The maximum Gasteiger partial charge on any atom is 0.0236 e. The van der Waals surface area contributed by atoms with E-state index in [-0.39, 0.29) is 0 Å². The Morgan fingerprint density at radius 1 is 0.773 bits per heavy atom. The summed E-state index contributed by atoms with van der Waals surface area (Å²) in [6.45, 7) is 0. The van der Waals surface area contributed by atoms with Gasteiger partial charge in [0.05, 0.1) is 0 Å². The van der Waals surface area contributed by atoms with Crippen molar-refractivity contribution in [2.24, 2.45) is 11.8 Å². The average molecular weight is 288 g/mol. The van der Waals surface area contributed by atoms with Gasteiger partial charge < -0.3 is 0 Å². The second-order valence-electron chi connectivity index (χ2n) is 7.62. The van der Waals surface area contributed by atoms with E-state index >= 15 is 0 Å². The molecule has 3 aliphatic carbocycles. The zero-order valence-corrected chi connectivity index (χ0v) is 13.2. The first kappa shape index (κ1) is 12.9. The van der Waals surface area contributed by atoms with Gasteiger partial charge in [0.25, 0.3) is 0 Å². The smallest absolute Gasteiger partial charge is 0.0236 e. The Morgan fingerprint density at radius 2 is 1.59 bits per heavy atom. The maximum absolute atomic E-state index is 2.45. The monoisotopic (exact) mass is 288 g/mol. The fourth-order valence-corrected chi connectivity index (χ4v) is 6.28. The van der Waals surface area contributed by atoms with Crippen molar-refractivity contribution in [3.63, 3.8) is 0 Å². The largest absolute Gasteiger partial charge is 0.0622 e. The second kappa shape index (κ2) is 4.72. The molecule has 2 aromatic carbocycles. The Balaban J connectivity index is 1.80. The van der Waals surface area contributed by atoms with Crippen LogP contribution in [0.1, 0.15) is 61.1 Å². The van der Waals surface area contributed by atoms with Crippen LogP contribution in [0.4, 0.5) is 0 Å². The Kier molecular flexibility index (Phi) is 2.77. The molecule has 5 rings (SSSR count). The van der Waals surface area contributed by atoms with Crippen molar-refractivity contribution in [2.45, 2.75) is 49.9 Å². The van der Waals surface area contributed by atoms with Crippen molar-refractivity contribution in [2.75, 3.05) is 0 Å². The molecule has 0 unspecified atom stereocenters. The summed E-state index contributed by atoms with van der Waals surface area (Å²) in [6, 6.07) is 20.9. The van der Waals surface area contributed by atoms with E-state index in [9.17, 15) is 0 Å². The molecule has 112 valence electrons.